The van der Waals surface area contributed by atoms with E-state index >= 15 is 0 Å². The second-order valence-corrected chi connectivity index (χ2v) is 11.6. The van der Waals surface area contributed by atoms with Gasteiger partial charge >= 0.3 is 0 Å². The third-order valence-electron chi connectivity index (χ3n) is 8.65. The fourth-order valence-corrected chi connectivity index (χ4v) is 6.40. The molecule has 5 heteroatoms. The largest absolute Gasteiger partial charge is 0.455 e. The Bertz CT molecular complexity index is 3370. The quantitative estimate of drug-likeness (QED) is 0.186. The van der Waals surface area contributed by atoms with Gasteiger partial charge in [0.25, 0.3) is 0 Å². The molecule has 10 rings (SSSR count). The van der Waals surface area contributed by atoms with Crippen molar-refractivity contribution in [2.45, 2.75) is 0 Å². The Morgan fingerprint density at radius 1 is 0.460 bits per heavy atom. The van der Waals surface area contributed by atoms with Crippen molar-refractivity contribution < 1.29 is 19.5 Å². The Hall–Kier alpha value is -6.85. The van der Waals surface area contributed by atoms with E-state index in [0.29, 0.717) is 22.8 Å². The van der Waals surface area contributed by atoms with Crippen LogP contribution in [0.1, 0.15) is 15.1 Å². The normalized spacial score (nSPS) is 14.7. The predicted molar refractivity (Wildman–Crippen MR) is 203 cm³/mol. The molecule has 0 unspecified atom stereocenters. The summed E-state index contributed by atoms with van der Waals surface area (Å²) in [7, 11) is 0. The summed E-state index contributed by atoms with van der Waals surface area (Å²) >= 11 is 0. The first kappa shape index (κ1) is 19.2. The van der Waals surface area contributed by atoms with Crippen molar-refractivity contribution in [2.75, 3.05) is 0 Å². The number of fused-ring (bicyclic) bond motifs is 6. The smallest absolute Gasteiger partial charge is 0.164 e. The van der Waals surface area contributed by atoms with Crippen LogP contribution in [-0.4, -0.2) is 19.5 Å². The number of aromatic nitrogens is 4. The van der Waals surface area contributed by atoms with Gasteiger partial charge in [-0.15, -0.1) is 0 Å². The van der Waals surface area contributed by atoms with Crippen molar-refractivity contribution in [3.05, 3.63) is 170 Å². The van der Waals surface area contributed by atoms with Gasteiger partial charge in [-0.3, -0.25) is 0 Å². The van der Waals surface area contributed by atoms with Gasteiger partial charge in [0.05, 0.1) is 31.8 Å². The average Bonchev–Trinajstić information content (AvgIpc) is 3.85. The fraction of sp³-hybridized carbons (Fsp3) is 0. The lowest BCUT2D eigenvalue weighted by molar-refractivity contribution is 0.670. The molecule has 5 nitrogen and oxygen atoms in total. The molecule has 0 radical (unpaired) electrons. The lowest BCUT2D eigenvalue weighted by Crippen LogP contribution is -2.02. The van der Waals surface area contributed by atoms with Crippen molar-refractivity contribution in [3.8, 4) is 51.0 Å². The molecule has 0 fully saturated rings. The molecular formula is C45H28N4O. The highest BCUT2D eigenvalue weighted by Gasteiger charge is 2.21. The van der Waals surface area contributed by atoms with E-state index in [0.717, 1.165) is 11.1 Å². The molecule has 0 N–H and O–H groups in total. The standard InChI is InChI=1S/C45H28N4O/c1-3-14-29(15-4-1)43-46-44(30-16-5-2-6-17-30)48-45(47-43)31-26-27-40(49-38-23-10-7-18-32(38)33-19-8-11-24-39(33)49)37(28-31)36-22-13-21-35-34-20-9-12-25-41(34)50-42(35)36/h1-28H/i7D,8D,9D,13D,18D,19D,20D,21D,23D,24D,25D. The van der Waals surface area contributed by atoms with Gasteiger partial charge in [-0.05, 0) is 36.3 Å². The van der Waals surface area contributed by atoms with Crippen LogP contribution in [0.3, 0.4) is 0 Å². The maximum Gasteiger partial charge on any atom is 0.164 e. The SMILES string of the molecule is [2H]c1cc([2H])c2oc3c(-c4cc(-c5nc(-c6ccccc6)nc(-c6ccccc6)n5)ccc4-n4c5c([2H])cc([2H])c([2H])c5c5c([2H])c([2H])cc([2H])c54)cc([2H])c([2H])c3c2c1[2H]. The minimum absolute atomic E-state index is 0.0328. The number of para-hydroxylation sites is 4. The van der Waals surface area contributed by atoms with E-state index in [1.807, 2.05) is 60.7 Å². The zero-order valence-electron chi connectivity index (χ0n) is 37.0. The first-order chi connectivity index (χ1) is 29.3. The summed E-state index contributed by atoms with van der Waals surface area (Å²) in [5.74, 6) is 1.04. The van der Waals surface area contributed by atoms with Gasteiger partial charge < -0.3 is 8.98 Å². The van der Waals surface area contributed by atoms with Gasteiger partial charge in [0, 0.05) is 49.4 Å². The Labute approximate surface area is 303 Å². The Kier molecular flexibility index (Phi) is 4.38. The summed E-state index contributed by atoms with van der Waals surface area (Å²) < 4.78 is 105. The van der Waals surface area contributed by atoms with Crippen LogP contribution >= 0.6 is 0 Å². The topological polar surface area (TPSA) is 56.7 Å². The zero-order valence-corrected chi connectivity index (χ0v) is 26.0. The number of furan rings is 1. The summed E-state index contributed by atoms with van der Waals surface area (Å²) in [5, 5.41) is 0.170. The van der Waals surface area contributed by atoms with E-state index < -0.39 is 0 Å². The van der Waals surface area contributed by atoms with Crippen LogP contribution in [0, 0.1) is 0 Å². The van der Waals surface area contributed by atoms with E-state index in [4.69, 9.17) is 34.4 Å². The van der Waals surface area contributed by atoms with Crippen molar-refractivity contribution in [1.82, 2.24) is 19.5 Å². The molecule has 0 aliphatic rings. The molecule has 0 spiro atoms. The summed E-state index contributed by atoms with van der Waals surface area (Å²) in [6.45, 7) is 0. The van der Waals surface area contributed by atoms with Gasteiger partial charge in [0.1, 0.15) is 11.2 Å². The van der Waals surface area contributed by atoms with E-state index in [2.05, 4.69) is 0 Å². The monoisotopic (exact) mass is 651 g/mol. The van der Waals surface area contributed by atoms with Crippen molar-refractivity contribution in [2.24, 2.45) is 0 Å². The molecular weight excluding hydrogens is 613 g/mol. The van der Waals surface area contributed by atoms with Crippen molar-refractivity contribution in [3.63, 3.8) is 0 Å². The molecule has 50 heavy (non-hydrogen) atoms. The minimum Gasteiger partial charge on any atom is -0.455 e. The third kappa shape index (κ3) is 4.52. The first-order valence-electron chi connectivity index (χ1n) is 21.3. The lowest BCUT2D eigenvalue weighted by atomic mass is 9.98. The maximum absolute atomic E-state index is 9.16. The highest BCUT2D eigenvalue weighted by atomic mass is 16.3. The predicted octanol–water partition coefficient (Wildman–Crippen LogP) is 11.5. The van der Waals surface area contributed by atoms with E-state index in [-0.39, 0.29) is 127 Å². The van der Waals surface area contributed by atoms with Crippen LogP contribution < -0.4 is 0 Å². The second-order valence-electron chi connectivity index (χ2n) is 11.6. The third-order valence-corrected chi connectivity index (χ3v) is 8.65. The molecule has 0 saturated carbocycles. The summed E-state index contributed by atoms with van der Waals surface area (Å²) in [4.78, 5) is 14.7. The molecule has 0 bridgehead atoms. The maximum atomic E-state index is 9.16. The number of benzene rings is 7. The average molecular weight is 652 g/mol. The number of rotatable bonds is 5. The molecule has 0 saturated heterocycles. The van der Waals surface area contributed by atoms with Crippen LogP contribution in [-0.2, 0) is 0 Å². The summed E-state index contributed by atoms with van der Waals surface area (Å²) in [6.07, 6.45) is 0. The van der Waals surface area contributed by atoms with Gasteiger partial charge in [-0.25, -0.2) is 15.0 Å². The molecule has 234 valence electrons. The molecule has 3 aromatic heterocycles. The lowest BCUT2D eigenvalue weighted by Gasteiger charge is -2.16. The van der Waals surface area contributed by atoms with E-state index in [9.17, 15) is 0 Å². The Morgan fingerprint density at radius 3 is 1.66 bits per heavy atom. The fourth-order valence-electron chi connectivity index (χ4n) is 6.40. The summed E-state index contributed by atoms with van der Waals surface area (Å²) in [5.41, 5.74) is 2.89. The molecule has 0 amide bonds. The van der Waals surface area contributed by atoms with Crippen LogP contribution in [0.25, 0.3) is 94.7 Å². The van der Waals surface area contributed by atoms with Crippen molar-refractivity contribution in [1.29, 1.82) is 0 Å². The van der Waals surface area contributed by atoms with Crippen LogP contribution in [0.2, 0.25) is 0 Å². The van der Waals surface area contributed by atoms with E-state index in [1.54, 1.807) is 22.8 Å². The number of hydrogen-bond donors (Lipinski definition) is 0. The van der Waals surface area contributed by atoms with Crippen LogP contribution in [0.4, 0.5) is 0 Å². The summed E-state index contributed by atoms with van der Waals surface area (Å²) in [6, 6.07) is 26.2. The number of nitrogens with zero attached hydrogens (tertiary/aromatic N) is 4. The highest BCUT2D eigenvalue weighted by molar-refractivity contribution is 6.12. The first-order valence-corrected chi connectivity index (χ1v) is 15.8. The molecule has 0 aliphatic heterocycles. The highest BCUT2D eigenvalue weighted by Crippen LogP contribution is 2.42. The Balaban J connectivity index is 1.37. The van der Waals surface area contributed by atoms with Gasteiger partial charge in [0.15, 0.2) is 17.5 Å². The molecule has 10 aromatic rings. The van der Waals surface area contributed by atoms with Crippen LogP contribution in [0.15, 0.2) is 174 Å². The van der Waals surface area contributed by atoms with Gasteiger partial charge in [-0.1, -0.05) is 133 Å². The van der Waals surface area contributed by atoms with Crippen LogP contribution in [0.5, 0.6) is 0 Å². The Morgan fingerprint density at radius 2 is 1.02 bits per heavy atom. The molecule has 7 aromatic carbocycles. The minimum atomic E-state index is -0.290. The zero-order chi connectivity index (χ0) is 42.6. The number of hydrogen-bond acceptors (Lipinski definition) is 4. The van der Waals surface area contributed by atoms with Gasteiger partial charge in [-0.2, -0.15) is 0 Å². The van der Waals surface area contributed by atoms with Crippen molar-refractivity contribution >= 4 is 43.7 Å². The van der Waals surface area contributed by atoms with E-state index in [1.165, 1.54) is 24.3 Å². The molecule has 0 atom stereocenters. The molecule has 0 aliphatic carbocycles. The van der Waals surface area contributed by atoms with Gasteiger partial charge in [0.2, 0.25) is 0 Å². The molecule has 3 heterocycles. The second kappa shape index (κ2) is 11.4.